The number of halogens is 1. The molecular formula is C25H25ClN6O6. The first-order valence-corrected chi connectivity index (χ1v) is 11.9. The number of nitrogens with one attached hydrogen (secondary N) is 2. The highest BCUT2D eigenvalue weighted by Gasteiger charge is 2.21. The number of H-pyrrole nitrogens is 1. The van der Waals surface area contributed by atoms with Crippen molar-refractivity contribution in [2.24, 2.45) is 0 Å². The number of amides is 2. The van der Waals surface area contributed by atoms with E-state index < -0.39 is 36.2 Å². The summed E-state index contributed by atoms with van der Waals surface area (Å²) in [6.07, 6.45) is 2.89. The van der Waals surface area contributed by atoms with Gasteiger partial charge in [0.05, 0.1) is 48.4 Å². The van der Waals surface area contributed by atoms with Crippen molar-refractivity contribution >= 4 is 45.8 Å². The third kappa shape index (κ3) is 5.11. The number of anilines is 2. The van der Waals surface area contributed by atoms with Crippen LogP contribution < -0.4 is 30.9 Å². The van der Waals surface area contributed by atoms with E-state index in [0.29, 0.717) is 17.3 Å². The highest BCUT2D eigenvalue weighted by Crippen LogP contribution is 2.35. The molecule has 0 bridgehead atoms. The van der Waals surface area contributed by atoms with E-state index in [4.69, 9.17) is 21.1 Å². The van der Waals surface area contributed by atoms with Gasteiger partial charge in [-0.1, -0.05) is 23.7 Å². The molecule has 0 aliphatic rings. The maximum absolute atomic E-state index is 13.5. The second-order valence-corrected chi connectivity index (χ2v) is 8.49. The third-order valence-corrected chi connectivity index (χ3v) is 6.16. The Morgan fingerprint density at radius 3 is 2.47 bits per heavy atom. The molecule has 2 amide bonds. The van der Waals surface area contributed by atoms with Crippen molar-refractivity contribution in [3.8, 4) is 11.5 Å². The van der Waals surface area contributed by atoms with Gasteiger partial charge < -0.3 is 19.8 Å². The predicted octanol–water partition coefficient (Wildman–Crippen LogP) is 2.25. The standard InChI is InChI=1S/C25H25ClN6O6/c1-4-30(21-11-27-14-28-21)23(34)13-32-24(35)15-7-5-6-8-18(15)31(25(32)36)12-22(33)29-17-9-16(26)19(37-2)10-20(17)38-3/h5-11,14H,4,12-13H2,1-3H3,(H,27,28)(H,29,33). The van der Waals surface area contributed by atoms with E-state index in [-0.39, 0.29) is 28.2 Å². The first kappa shape index (κ1) is 26.5. The predicted molar refractivity (Wildman–Crippen MR) is 142 cm³/mol. The zero-order valence-electron chi connectivity index (χ0n) is 20.9. The number of fused-ring (bicyclic) bond motifs is 1. The summed E-state index contributed by atoms with van der Waals surface area (Å²) in [4.78, 5) is 60.9. The smallest absolute Gasteiger partial charge is 0.332 e. The Balaban J connectivity index is 1.71. The molecule has 198 valence electrons. The average Bonchev–Trinajstić information content (AvgIpc) is 3.44. The number of likely N-dealkylation sites (N-methyl/N-ethyl adjacent to an activating group) is 1. The van der Waals surface area contributed by atoms with Gasteiger partial charge in [0.1, 0.15) is 30.4 Å². The average molecular weight is 541 g/mol. The normalized spacial score (nSPS) is 10.8. The van der Waals surface area contributed by atoms with E-state index in [1.807, 2.05) is 0 Å². The van der Waals surface area contributed by atoms with Crippen LogP contribution in [0.3, 0.4) is 0 Å². The van der Waals surface area contributed by atoms with Crippen molar-refractivity contribution < 1.29 is 19.1 Å². The van der Waals surface area contributed by atoms with E-state index in [1.165, 1.54) is 49.8 Å². The molecule has 0 unspecified atom stereocenters. The molecule has 0 saturated carbocycles. The summed E-state index contributed by atoms with van der Waals surface area (Å²) in [5.74, 6) is 0.00139. The van der Waals surface area contributed by atoms with Gasteiger partial charge in [-0.2, -0.15) is 0 Å². The first-order chi connectivity index (χ1) is 18.3. The molecule has 0 atom stereocenters. The van der Waals surface area contributed by atoms with Crippen LogP contribution in [0, 0.1) is 0 Å². The molecule has 0 aliphatic heterocycles. The van der Waals surface area contributed by atoms with E-state index in [9.17, 15) is 19.2 Å². The van der Waals surface area contributed by atoms with E-state index in [1.54, 1.807) is 25.1 Å². The quantitative estimate of drug-likeness (QED) is 0.332. The van der Waals surface area contributed by atoms with Gasteiger partial charge in [0.15, 0.2) is 0 Å². The largest absolute Gasteiger partial charge is 0.495 e. The molecule has 0 spiro atoms. The van der Waals surface area contributed by atoms with Gasteiger partial charge in [-0.15, -0.1) is 0 Å². The molecule has 0 saturated heterocycles. The monoisotopic (exact) mass is 540 g/mol. The summed E-state index contributed by atoms with van der Waals surface area (Å²) in [5.41, 5.74) is -0.929. The van der Waals surface area contributed by atoms with Crippen molar-refractivity contribution in [1.29, 1.82) is 0 Å². The Morgan fingerprint density at radius 1 is 1.08 bits per heavy atom. The minimum Gasteiger partial charge on any atom is -0.495 e. The van der Waals surface area contributed by atoms with E-state index >= 15 is 0 Å². The van der Waals surface area contributed by atoms with Crippen LogP contribution >= 0.6 is 11.6 Å². The van der Waals surface area contributed by atoms with Crippen molar-refractivity contribution in [3.63, 3.8) is 0 Å². The van der Waals surface area contributed by atoms with Crippen molar-refractivity contribution in [3.05, 3.63) is 74.8 Å². The fourth-order valence-electron chi connectivity index (χ4n) is 4.05. The van der Waals surface area contributed by atoms with Gasteiger partial charge in [0, 0.05) is 12.6 Å². The topological polar surface area (TPSA) is 141 Å². The summed E-state index contributed by atoms with van der Waals surface area (Å²) in [7, 11) is 2.87. The Bertz CT molecular complexity index is 1610. The highest BCUT2D eigenvalue weighted by molar-refractivity contribution is 6.32. The van der Waals surface area contributed by atoms with Gasteiger partial charge in [-0.25, -0.2) is 9.78 Å². The molecule has 38 heavy (non-hydrogen) atoms. The molecule has 0 aliphatic carbocycles. The van der Waals surface area contributed by atoms with E-state index in [2.05, 4.69) is 15.3 Å². The maximum atomic E-state index is 13.5. The second kappa shape index (κ2) is 11.2. The Morgan fingerprint density at radius 2 is 1.82 bits per heavy atom. The summed E-state index contributed by atoms with van der Waals surface area (Å²) in [6.45, 7) is 1.06. The zero-order chi connectivity index (χ0) is 27.4. The first-order valence-electron chi connectivity index (χ1n) is 11.5. The summed E-state index contributed by atoms with van der Waals surface area (Å²) in [5, 5.41) is 3.11. The SMILES string of the molecule is CCN(C(=O)Cn1c(=O)c2ccccc2n(CC(=O)Nc2cc(Cl)c(OC)cc2OC)c1=O)c1cnc[nH]1. The van der Waals surface area contributed by atoms with Gasteiger partial charge >= 0.3 is 5.69 Å². The summed E-state index contributed by atoms with van der Waals surface area (Å²) < 4.78 is 12.4. The van der Waals surface area contributed by atoms with Crippen LogP contribution in [0.15, 0.2) is 58.5 Å². The van der Waals surface area contributed by atoms with Gasteiger partial charge in [0.25, 0.3) is 5.56 Å². The second-order valence-electron chi connectivity index (χ2n) is 8.09. The zero-order valence-corrected chi connectivity index (χ0v) is 21.6. The minimum absolute atomic E-state index is 0.183. The van der Waals surface area contributed by atoms with Crippen LogP contribution in [0.1, 0.15) is 6.92 Å². The number of rotatable bonds is 9. The lowest BCUT2D eigenvalue weighted by molar-refractivity contribution is -0.119. The molecule has 0 radical (unpaired) electrons. The highest BCUT2D eigenvalue weighted by atomic mass is 35.5. The number of hydrogen-bond acceptors (Lipinski definition) is 7. The van der Waals surface area contributed by atoms with Crippen LogP contribution in [0.2, 0.25) is 5.02 Å². The van der Waals surface area contributed by atoms with Gasteiger partial charge in [-0.3, -0.25) is 28.4 Å². The van der Waals surface area contributed by atoms with Gasteiger partial charge in [0.2, 0.25) is 11.8 Å². The lowest BCUT2D eigenvalue weighted by Crippen LogP contribution is -2.46. The Kier molecular flexibility index (Phi) is 7.82. The number of carbonyl (C=O) groups excluding carboxylic acids is 2. The number of nitrogens with zero attached hydrogens (tertiary/aromatic N) is 4. The van der Waals surface area contributed by atoms with Crippen LogP contribution in [0.25, 0.3) is 10.9 Å². The number of carbonyl (C=O) groups is 2. The van der Waals surface area contributed by atoms with Crippen LogP contribution in [0.5, 0.6) is 11.5 Å². The van der Waals surface area contributed by atoms with Gasteiger partial charge in [-0.05, 0) is 25.1 Å². The van der Waals surface area contributed by atoms with Crippen LogP contribution in [-0.2, 0) is 22.7 Å². The molecular weight excluding hydrogens is 516 g/mol. The lowest BCUT2D eigenvalue weighted by atomic mass is 10.2. The molecule has 4 aromatic rings. The molecule has 0 fully saturated rings. The molecule has 12 nitrogen and oxygen atoms in total. The summed E-state index contributed by atoms with van der Waals surface area (Å²) >= 11 is 6.20. The Hall–Kier alpha value is -4.58. The third-order valence-electron chi connectivity index (χ3n) is 5.87. The number of methoxy groups -OCH3 is 2. The number of imidazole rings is 1. The fraction of sp³-hybridized carbons (Fsp3) is 0.240. The molecule has 4 rings (SSSR count). The van der Waals surface area contributed by atoms with Crippen molar-refractivity contribution in [2.45, 2.75) is 20.0 Å². The van der Waals surface area contributed by atoms with Crippen LogP contribution in [-0.4, -0.2) is 51.7 Å². The molecule has 13 heteroatoms. The Labute approximate surface area is 221 Å². The number of para-hydroxylation sites is 1. The molecule has 2 heterocycles. The van der Waals surface area contributed by atoms with E-state index in [0.717, 1.165) is 9.13 Å². The fourth-order valence-corrected chi connectivity index (χ4v) is 4.29. The molecule has 2 aromatic carbocycles. The number of benzene rings is 2. The number of ether oxygens (including phenoxy) is 2. The number of hydrogen-bond donors (Lipinski definition) is 2. The van der Waals surface area contributed by atoms with Crippen molar-refractivity contribution in [1.82, 2.24) is 19.1 Å². The van der Waals surface area contributed by atoms with Crippen LogP contribution in [0.4, 0.5) is 11.5 Å². The number of aromatic nitrogens is 4. The minimum atomic E-state index is -0.808. The van der Waals surface area contributed by atoms with Crippen molar-refractivity contribution in [2.75, 3.05) is 31.0 Å². The molecule has 2 aromatic heterocycles. The molecule has 2 N–H and O–H groups in total. The summed E-state index contributed by atoms with van der Waals surface area (Å²) in [6, 6.07) is 9.36. The maximum Gasteiger partial charge on any atom is 0.332 e. The lowest BCUT2D eigenvalue weighted by Gasteiger charge is -2.20. The number of aromatic amines is 1.